The van der Waals surface area contributed by atoms with Gasteiger partial charge in [-0.05, 0) is 64.0 Å². The SMILES string of the molecule is C(CNCCCC1CCCO1)COCC1CC1. The maximum Gasteiger partial charge on any atom is 0.0576 e. The Morgan fingerprint density at radius 3 is 2.76 bits per heavy atom. The fraction of sp³-hybridized carbons (Fsp3) is 1.00. The molecule has 0 spiro atoms. The van der Waals surface area contributed by atoms with Crippen molar-refractivity contribution in [1.82, 2.24) is 5.32 Å². The first-order valence-electron chi connectivity index (χ1n) is 7.35. The van der Waals surface area contributed by atoms with Crippen LogP contribution in [0, 0.1) is 5.92 Å². The van der Waals surface area contributed by atoms with Crippen molar-refractivity contribution in [2.24, 2.45) is 5.92 Å². The van der Waals surface area contributed by atoms with Crippen molar-refractivity contribution in [3.05, 3.63) is 0 Å². The molecule has 100 valence electrons. The molecule has 2 rings (SSSR count). The van der Waals surface area contributed by atoms with Crippen molar-refractivity contribution in [3.63, 3.8) is 0 Å². The number of hydrogen-bond donors (Lipinski definition) is 1. The fourth-order valence-electron chi connectivity index (χ4n) is 2.29. The minimum atomic E-state index is 0.554. The molecule has 0 aromatic carbocycles. The topological polar surface area (TPSA) is 30.5 Å². The monoisotopic (exact) mass is 241 g/mol. The van der Waals surface area contributed by atoms with Gasteiger partial charge in [0.2, 0.25) is 0 Å². The van der Waals surface area contributed by atoms with E-state index < -0.39 is 0 Å². The van der Waals surface area contributed by atoms with Crippen molar-refractivity contribution < 1.29 is 9.47 Å². The lowest BCUT2D eigenvalue weighted by Gasteiger charge is -2.09. The molecule has 3 nitrogen and oxygen atoms in total. The van der Waals surface area contributed by atoms with E-state index in [1.54, 1.807) is 0 Å². The molecule has 0 bridgehead atoms. The molecule has 1 saturated carbocycles. The lowest BCUT2D eigenvalue weighted by Crippen LogP contribution is -2.19. The summed E-state index contributed by atoms with van der Waals surface area (Å²) in [6.07, 6.45) is 9.48. The largest absolute Gasteiger partial charge is 0.381 e. The minimum Gasteiger partial charge on any atom is -0.381 e. The number of ether oxygens (including phenoxy) is 2. The van der Waals surface area contributed by atoms with Crippen molar-refractivity contribution in [2.75, 3.05) is 32.9 Å². The van der Waals surface area contributed by atoms with Gasteiger partial charge in [-0.1, -0.05) is 0 Å². The average Bonchev–Trinajstić information content (AvgIpc) is 3.02. The molecule has 1 heterocycles. The van der Waals surface area contributed by atoms with Crippen LogP contribution in [0.3, 0.4) is 0 Å². The van der Waals surface area contributed by atoms with Gasteiger partial charge in [0.25, 0.3) is 0 Å². The lowest BCUT2D eigenvalue weighted by molar-refractivity contribution is 0.102. The molecule has 1 aliphatic carbocycles. The molecular formula is C14H27NO2. The maximum absolute atomic E-state index is 5.59. The van der Waals surface area contributed by atoms with Crippen molar-refractivity contribution in [2.45, 2.75) is 51.0 Å². The van der Waals surface area contributed by atoms with Crippen LogP contribution >= 0.6 is 0 Å². The molecule has 0 radical (unpaired) electrons. The van der Waals surface area contributed by atoms with Crippen molar-refractivity contribution >= 4 is 0 Å². The molecule has 2 fully saturated rings. The minimum absolute atomic E-state index is 0.554. The van der Waals surface area contributed by atoms with Crippen LogP contribution in [-0.2, 0) is 9.47 Å². The Bertz CT molecular complexity index is 189. The van der Waals surface area contributed by atoms with Gasteiger partial charge in [-0.2, -0.15) is 0 Å². The fourth-order valence-corrected chi connectivity index (χ4v) is 2.29. The van der Waals surface area contributed by atoms with E-state index in [2.05, 4.69) is 5.32 Å². The third-order valence-electron chi connectivity index (χ3n) is 3.60. The van der Waals surface area contributed by atoms with Gasteiger partial charge in [-0.25, -0.2) is 0 Å². The molecule has 1 N–H and O–H groups in total. The first-order valence-corrected chi connectivity index (χ1v) is 7.35. The molecule has 2 aliphatic rings. The second-order valence-electron chi connectivity index (χ2n) is 5.40. The summed E-state index contributed by atoms with van der Waals surface area (Å²) < 4.78 is 11.2. The van der Waals surface area contributed by atoms with Crippen LogP contribution in [-0.4, -0.2) is 39.0 Å². The van der Waals surface area contributed by atoms with Crippen LogP contribution in [0.1, 0.15) is 44.9 Å². The lowest BCUT2D eigenvalue weighted by atomic mass is 10.1. The average molecular weight is 241 g/mol. The zero-order valence-corrected chi connectivity index (χ0v) is 11.0. The van der Waals surface area contributed by atoms with E-state index in [4.69, 9.17) is 9.47 Å². The van der Waals surface area contributed by atoms with Gasteiger partial charge in [0.15, 0.2) is 0 Å². The van der Waals surface area contributed by atoms with E-state index in [0.29, 0.717) is 6.10 Å². The quantitative estimate of drug-likeness (QED) is 0.596. The van der Waals surface area contributed by atoms with Gasteiger partial charge in [-0.15, -0.1) is 0 Å². The molecule has 1 unspecified atom stereocenters. The first kappa shape index (κ1) is 13.3. The Kier molecular flexibility index (Phi) is 6.32. The summed E-state index contributed by atoms with van der Waals surface area (Å²) >= 11 is 0. The second kappa shape index (κ2) is 8.06. The van der Waals surface area contributed by atoms with Gasteiger partial charge < -0.3 is 14.8 Å². The predicted octanol–water partition coefficient (Wildman–Crippen LogP) is 2.35. The molecule has 0 amide bonds. The van der Waals surface area contributed by atoms with Gasteiger partial charge in [0.05, 0.1) is 6.10 Å². The van der Waals surface area contributed by atoms with E-state index in [1.807, 2.05) is 0 Å². The van der Waals surface area contributed by atoms with E-state index in [1.165, 1.54) is 38.5 Å². The van der Waals surface area contributed by atoms with Crippen LogP contribution in [0.2, 0.25) is 0 Å². The predicted molar refractivity (Wildman–Crippen MR) is 69.2 cm³/mol. The highest BCUT2D eigenvalue weighted by Crippen LogP contribution is 2.28. The summed E-state index contributed by atoms with van der Waals surface area (Å²) in [4.78, 5) is 0. The number of rotatable bonds is 10. The van der Waals surface area contributed by atoms with Crippen LogP contribution in [0.4, 0.5) is 0 Å². The highest BCUT2D eigenvalue weighted by Gasteiger charge is 2.20. The molecule has 3 heteroatoms. The molecule has 1 atom stereocenters. The molecule has 0 aromatic heterocycles. The summed E-state index contributed by atoms with van der Waals surface area (Å²) in [5, 5.41) is 3.48. The normalized spacial score (nSPS) is 24.4. The van der Waals surface area contributed by atoms with E-state index in [0.717, 1.165) is 45.2 Å². The second-order valence-corrected chi connectivity index (χ2v) is 5.40. The number of nitrogens with one attached hydrogen (secondary N) is 1. The molecule has 17 heavy (non-hydrogen) atoms. The maximum atomic E-state index is 5.59. The zero-order valence-electron chi connectivity index (χ0n) is 11.0. The van der Waals surface area contributed by atoms with Crippen molar-refractivity contribution in [3.8, 4) is 0 Å². The van der Waals surface area contributed by atoms with Gasteiger partial charge in [0.1, 0.15) is 0 Å². The number of hydrogen-bond acceptors (Lipinski definition) is 3. The Labute approximate surface area is 105 Å². The summed E-state index contributed by atoms with van der Waals surface area (Å²) in [6, 6.07) is 0. The van der Waals surface area contributed by atoms with E-state index in [9.17, 15) is 0 Å². The van der Waals surface area contributed by atoms with Crippen LogP contribution in [0.15, 0.2) is 0 Å². The van der Waals surface area contributed by atoms with Crippen LogP contribution < -0.4 is 5.32 Å². The molecule has 1 aliphatic heterocycles. The first-order chi connectivity index (χ1) is 8.45. The third kappa shape index (κ3) is 6.39. The summed E-state index contributed by atoms with van der Waals surface area (Å²) in [6.45, 7) is 5.13. The molecular weight excluding hydrogens is 214 g/mol. The Hall–Kier alpha value is -0.120. The van der Waals surface area contributed by atoms with Crippen molar-refractivity contribution in [1.29, 1.82) is 0 Å². The summed E-state index contributed by atoms with van der Waals surface area (Å²) in [7, 11) is 0. The van der Waals surface area contributed by atoms with Gasteiger partial charge >= 0.3 is 0 Å². The van der Waals surface area contributed by atoms with E-state index in [-0.39, 0.29) is 0 Å². The van der Waals surface area contributed by atoms with Gasteiger partial charge in [0, 0.05) is 19.8 Å². The highest BCUT2D eigenvalue weighted by molar-refractivity contribution is 4.71. The Morgan fingerprint density at radius 1 is 1.12 bits per heavy atom. The highest BCUT2D eigenvalue weighted by atomic mass is 16.5. The summed E-state index contributed by atoms with van der Waals surface area (Å²) in [5.74, 6) is 0.898. The van der Waals surface area contributed by atoms with E-state index >= 15 is 0 Å². The van der Waals surface area contributed by atoms with Gasteiger partial charge in [-0.3, -0.25) is 0 Å². The Morgan fingerprint density at radius 2 is 2.00 bits per heavy atom. The molecule has 0 aromatic rings. The molecule has 1 saturated heterocycles. The van der Waals surface area contributed by atoms with Crippen LogP contribution in [0.5, 0.6) is 0 Å². The standard InChI is InChI=1S/C14H27NO2/c1(4-14-5-2-11-17-14)8-15-9-3-10-16-12-13-6-7-13/h13-15H,1-12H2. The smallest absolute Gasteiger partial charge is 0.0576 e. The third-order valence-corrected chi connectivity index (χ3v) is 3.60. The summed E-state index contributed by atoms with van der Waals surface area (Å²) in [5.41, 5.74) is 0. The van der Waals surface area contributed by atoms with Crippen LogP contribution in [0.25, 0.3) is 0 Å². The Balaban J connectivity index is 1.27. The zero-order chi connectivity index (χ0) is 11.8.